The lowest BCUT2D eigenvalue weighted by molar-refractivity contribution is -0.117. The van der Waals surface area contributed by atoms with E-state index in [1.165, 1.54) is 28.7 Å². The van der Waals surface area contributed by atoms with Crippen molar-refractivity contribution in [2.75, 3.05) is 0 Å². The largest absolute Gasteiger partial charge is 0.370 e. The molecule has 2 nitrogen and oxygen atoms in total. The van der Waals surface area contributed by atoms with Crippen molar-refractivity contribution < 1.29 is 4.79 Å². The Morgan fingerprint density at radius 1 is 1.12 bits per heavy atom. The summed E-state index contributed by atoms with van der Waals surface area (Å²) in [6.45, 7) is 13.6. The van der Waals surface area contributed by atoms with Crippen LogP contribution in [0.3, 0.4) is 0 Å². The first-order valence-corrected chi connectivity index (χ1v) is 9.48. The summed E-state index contributed by atoms with van der Waals surface area (Å²) < 4.78 is 0. The molecule has 140 valence electrons. The zero-order valence-electron chi connectivity index (χ0n) is 17.1. The maximum atomic E-state index is 10.8. The van der Waals surface area contributed by atoms with E-state index in [0.29, 0.717) is 12.8 Å². The van der Waals surface area contributed by atoms with Gasteiger partial charge in [-0.05, 0) is 59.8 Å². The summed E-state index contributed by atoms with van der Waals surface area (Å²) in [7, 11) is 0. The molecule has 0 fully saturated rings. The Hall–Kier alpha value is -2.09. The molecule has 1 amide bonds. The molecule has 0 radical (unpaired) electrons. The van der Waals surface area contributed by atoms with E-state index in [0.717, 1.165) is 5.57 Å². The minimum atomic E-state index is -0.253. The van der Waals surface area contributed by atoms with Crippen molar-refractivity contribution in [3.63, 3.8) is 0 Å². The minimum Gasteiger partial charge on any atom is -0.370 e. The summed E-state index contributed by atoms with van der Waals surface area (Å²) in [6, 6.07) is 6.94. The smallest absolute Gasteiger partial charge is 0.217 e. The number of carbonyl (C=O) groups is 1. The fraction of sp³-hybridized carbons (Fsp3) is 0.458. The maximum Gasteiger partial charge on any atom is 0.217 e. The van der Waals surface area contributed by atoms with Crippen LogP contribution in [0.5, 0.6) is 0 Å². The van der Waals surface area contributed by atoms with Gasteiger partial charge >= 0.3 is 0 Å². The van der Waals surface area contributed by atoms with E-state index in [9.17, 15) is 4.79 Å². The monoisotopic (exact) mass is 351 g/mol. The van der Waals surface area contributed by atoms with Crippen molar-refractivity contribution in [3.05, 3.63) is 64.8 Å². The Labute approximate surface area is 158 Å². The van der Waals surface area contributed by atoms with Gasteiger partial charge in [0.15, 0.2) is 0 Å². The number of nitrogens with two attached hydrogens (primary N) is 1. The molecule has 0 aliphatic heterocycles. The van der Waals surface area contributed by atoms with E-state index in [2.05, 4.69) is 71.0 Å². The van der Waals surface area contributed by atoms with Crippen LogP contribution in [0.1, 0.15) is 77.5 Å². The fourth-order valence-electron chi connectivity index (χ4n) is 4.19. The molecular formula is C24H33NO. The highest BCUT2D eigenvalue weighted by Crippen LogP contribution is 2.49. The van der Waals surface area contributed by atoms with E-state index < -0.39 is 0 Å². The van der Waals surface area contributed by atoms with Gasteiger partial charge in [0.05, 0.1) is 0 Å². The third-order valence-corrected chi connectivity index (χ3v) is 5.38. The van der Waals surface area contributed by atoms with Crippen LogP contribution in [-0.4, -0.2) is 5.91 Å². The number of carbonyl (C=O) groups excluding carboxylic acids is 1. The second-order valence-corrected chi connectivity index (χ2v) is 8.87. The fourth-order valence-corrected chi connectivity index (χ4v) is 4.19. The van der Waals surface area contributed by atoms with Crippen LogP contribution in [0.15, 0.2) is 48.1 Å². The molecule has 26 heavy (non-hydrogen) atoms. The third kappa shape index (κ3) is 4.75. The molecule has 0 unspecified atom stereocenters. The van der Waals surface area contributed by atoms with Crippen molar-refractivity contribution >= 4 is 11.5 Å². The summed E-state index contributed by atoms with van der Waals surface area (Å²) in [4.78, 5) is 10.8. The summed E-state index contributed by atoms with van der Waals surface area (Å²) in [6.07, 6.45) is 10.6. The van der Waals surface area contributed by atoms with E-state index >= 15 is 0 Å². The highest BCUT2D eigenvalue weighted by molar-refractivity contribution is 5.73. The maximum absolute atomic E-state index is 10.8. The lowest BCUT2D eigenvalue weighted by atomic mass is 9.82. The number of fused-ring (bicyclic) bond motifs is 1. The summed E-state index contributed by atoms with van der Waals surface area (Å²) in [5.41, 5.74) is 12.3. The summed E-state index contributed by atoms with van der Waals surface area (Å²) in [5, 5.41) is 0. The van der Waals surface area contributed by atoms with E-state index in [4.69, 9.17) is 5.73 Å². The molecule has 0 atom stereocenters. The number of hydrogen-bond donors (Lipinski definition) is 1. The molecule has 1 aliphatic carbocycles. The molecule has 1 aromatic rings. The van der Waals surface area contributed by atoms with Crippen LogP contribution in [0.25, 0.3) is 5.57 Å². The van der Waals surface area contributed by atoms with Crippen LogP contribution in [-0.2, 0) is 15.6 Å². The highest BCUT2D eigenvalue weighted by Gasteiger charge is 2.41. The van der Waals surface area contributed by atoms with Gasteiger partial charge in [0.1, 0.15) is 0 Å². The van der Waals surface area contributed by atoms with Gasteiger partial charge in [-0.15, -0.1) is 0 Å². The molecule has 0 spiro atoms. The van der Waals surface area contributed by atoms with Gasteiger partial charge in [-0.25, -0.2) is 0 Å². The molecule has 2 N–H and O–H groups in total. The van der Waals surface area contributed by atoms with E-state index in [-0.39, 0.29) is 16.7 Å². The van der Waals surface area contributed by atoms with Crippen LogP contribution in [0.4, 0.5) is 0 Å². The lowest BCUT2D eigenvalue weighted by Crippen LogP contribution is -2.17. The average Bonchev–Trinajstić information content (AvgIpc) is 2.71. The standard InChI is InChI=1S/C24H33NO/c1-17(10-8-12-22(25)26)9-7-11-18(2)19-13-14-20-21(15-19)24(5,6)16-23(20,3)4/h7,9-11,13-15H,8,12,16H2,1-6H3,(H2,25,26)/b9-7+,17-10+,18-11-. The van der Waals surface area contributed by atoms with Crippen molar-refractivity contribution in [2.24, 2.45) is 5.73 Å². The molecule has 0 aromatic heterocycles. The van der Waals surface area contributed by atoms with Gasteiger partial charge < -0.3 is 5.73 Å². The van der Waals surface area contributed by atoms with Gasteiger partial charge in [0.25, 0.3) is 0 Å². The van der Waals surface area contributed by atoms with Crippen molar-refractivity contribution in [3.8, 4) is 0 Å². The molecule has 2 heteroatoms. The quantitative estimate of drug-likeness (QED) is 0.645. The first-order valence-electron chi connectivity index (χ1n) is 9.48. The van der Waals surface area contributed by atoms with E-state index in [1.54, 1.807) is 0 Å². The number of hydrogen-bond acceptors (Lipinski definition) is 1. The Morgan fingerprint density at radius 2 is 1.77 bits per heavy atom. The number of primary amides is 1. The Bertz CT molecular complexity index is 775. The van der Waals surface area contributed by atoms with Gasteiger partial charge in [-0.2, -0.15) is 0 Å². The number of amides is 1. The Kier molecular flexibility index (Phi) is 5.95. The van der Waals surface area contributed by atoms with Gasteiger partial charge in [0, 0.05) is 6.42 Å². The second kappa shape index (κ2) is 7.65. The second-order valence-electron chi connectivity index (χ2n) is 8.87. The molecule has 0 saturated heterocycles. The van der Waals surface area contributed by atoms with Crippen LogP contribution in [0, 0.1) is 0 Å². The molecule has 0 bridgehead atoms. The highest BCUT2D eigenvalue weighted by atomic mass is 16.1. The number of rotatable bonds is 6. The number of benzene rings is 1. The Morgan fingerprint density at radius 3 is 2.42 bits per heavy atom. The zero-order valence-corrected chi connectivity index (χ0v) is 17.1. The summed E-state index contributed by atoms with van der Waals surface area (Å²) >= 11 is 0. The minimum absolute atomic E-state index is 0.227. The molecule has 0 saturated carbocycles. The normalized spacial score (nSPS) is 19.0. The molecular weight excluding hydrogens is 318 g/mol. The third-order valence-electron chi connectivity index (χ3n) is 5.38. The number of allylic oxidation sites excluding steroid dienone is 6. The van der Waals surface area contributed by atoms with Crippen LogP contribution in [0.2, 0.25) is 0 Å². The summed E-state index contributed by atoms with van der Waals surface area (Å²) in [5.74, 6) is -0.253. The molecule has 1 aliphatic rings. The van der Waals surface area contributed by atoms with Crippen molar-refractivity contribution in [2.45, 2.75) is 71.6 Å². The van der Waals surface area contributed by atoms with Gasteiger partial charge in [-0.1, -0.05) is 75.8 Å². The molecule has 2 rings (SSSR count). The topological polar surface area (TPSA) is 43.1 Å². The SMILES string of the molecule is C/C(=C/C=C/C(C)=C/CCC(N)=O)c1ccc2c(c1)C(C)(C)CC2(C)C. The van der Waals surface area contributed by atoms with Crippen LogP contribution < -0.4 is 5.73 Å². The predicted octanol–water partition coefficient (Wildman–Crippen LogP) is 5.82. The van der Waals surface area contributed by atoms with Gasteiger partial charge in [-0.3, -0.25) is 4.79 Å². The zero-order chi connectivity index (χ0) is 19.5. The predicted molar refractivity (Wildman–Crippen MR) is 112 cm³/mol. The first kappa shape index (κ1) is 20.2. The van der Waals surface area contributed by atoms with Crippen LogP contribution >= 0.6 is 0 Å². The lowest BCUT2D eigenvalue weighted by Gasteiger charge is -2.22. The van der Waals surface area contributed by atoms with Crippen molar-refractivity contribution in [1.29, 1.82) is 0 Å². The van der Waals surface area contributed by atoms with Crippen molar-refractivity contribution in [1.82, 2.24) is 0 Å². The molecule has 0 heterocycles. The average molecular weight is 352 g/mol. The van der Waals surface area contributed by atoms with Gasteiger partial charge in [0.2, 0.25) is 5.91 Å². The Balaban J connectivity index is 2.16. The van der Waals surface area contributed by atoms with E-state index in [1.807, 2.05) is 13.0 Å². The first-order chi connectivity index (χ1) is 12.0. The molecule has 1 aromatic carbocycles.